The van der Waals surface area contributed by atoms with Crippen LogP contribution in [0.2, 0.25) is 0 Å². The molecule has 124 valence electrons. The molecule has 0 saturated carbocycles. The van der Waals surface area contributed by atoms with Crippen LogP contribution in [0.1, 0.15) is 24.5 Å². The molecule has 0 aliphatic carbocycles. The van der Waals surface area contributed by atoms with Crippen molar-refractivity contribution in [3.63, 3.8) is 0 Å². The molecule has 0 amide bonds. The number of nitrogens with one attached hydrogen (secondary N) is 1. The maximum Gasteiger partial charge on any atom is 0.125 e. The normalized spacial score (nSPS) is 14.8. The molecule has 2 aromatic rings. The molecule has 0 aromatic heterocycles. The molecule has 0 fully saturated rings. The van der Waals surface area contributed by atoms with E-state index in [-0.39, 0.29) is 6.04 Å². The topological polar surface area (TPSA) is 50.7 Å². The van der Waals surface area contributed by atoms with Gasteiger partial charge in [-0.05, 0) is 44.2 Å². The molecular weight excluding hydrogens is 290 g/mol. The Morgan fingerprint density at radius 1 is 1.09 bits per heavy atom. The zero-order chi connectivity index (χ0) is 16.9. The van der Waals surface area contributed by atoms with Crippen LogP contribution >= 0.6 is 0 Å². The van der Waals surface area contributed by atoms with Gasteiger partial charge in [-0.25, -0.2) is 0 Å². The summed E-state index contributed by atoms with van der Waals surface area (Å²) >= 11 is 0. The van der Waals surface area contributed by atoms with Crippen LogP contribution in [0.5, 0.6) is 11.5 Å². The van der Waals surface area contributed by atoms with E-state index in [9.17, 15) is 5.11 Å². The lowest BCUT2D eigenvalue weighted by molar-refractivity contribution is 0.0590. The Morgan fingerprint density at radius 3 is 2.35 bits per heavy atom. The largest absolute Gasteiger partial charge is 0.497 e. The molecule has 2 aromatic carbocycles. The van der Waals surface area contributed by atoms with Crippen LogP contribution in [0.25, 0.3) is 0 Å². The number of hydrogen-bond acceptors (Lipinski definition) is 4. The van der Waals surface area contributed by atoms with E-state index in [2.05, 4.69) is 5.32 Å². The molecule has 0 aliphatic heterocycles. The summed E-state index contributed by atoms with van der Waals surface area (Å²) < 4.78 is 10.8. The Hall–Kier alpha value is -2.04. The lowest BCUT2D eigenvalue weighted by Crippen LogP contribution is -2.36. The van der Waals surface area contributed by atoms with E-state index in [1.165, 1.54) is 0 Å². The molecule has 0 radical (unpaired) electrons. The van der Waals surface area contributed by atoms with Gasteiger partial charge in [-0.1, -0.05) is 30.3 Å². The summed E-state index contributed by atoms with van der Waals surface area (Å²) in [6.07, 6.45) is 0.511. The van der Waals surface area contributed by atoms with E-state index >= 15 is 0 Å². The highest BCUT2D eigenvalue weighted by molar-refractivity contribution is 5.48. The van der Waals surface area contributed by atoms with Gasteiger partial charge in [0.15, 0.2) is 0 Å². The minimum atomic E-state index is -1.18. The first-order chi connectivity index (χ1) is 11.0. The smallest absolute Gasteiger partial charge is 0.125 e. The first-order valence-electron chi connectivity index (χ1n) is 7.72. The van der Waals surface area contributed by atoms with Gasteiger partial charge in [-0.15, -0.1) is 0 Å². The van der Waals surface area contributed by atoms with Crippen molar-refractivity contribution >= 4 is 0 Å². The molecule has 2 unspecified atom stereocenters. The number of benzene rings is 2. The third-order valence-electron chi connectivity index (χ3n) is 4.20. The van der Waals surface area contributed by atoms with Gasteiger partial charge in [-0.3, -0.25) is 0 Å². The number of aliphatic hydroxyl groups is 1. The van der Waals surface area contributed by atoms with Crippen LogP contribution < -0.4 is 14.8 Å². The summed E-state index contributed by atoms with van der Waals surface area (Å²) in [4.78, 5) is 0. The van der Waals surface area contributed by atoms with Crippen molar-refractivity contribution in [1.29, 1.82) is 0 Å². The molecule has 2 rings (SSSR count). The van der Waals surface area contributed by atoms with Gasteiger partial charge >= 0.3 is 0 Å². The number of methoxy groups -OCH3 is 2. The van der Waals surface area contributed by atoms with E-state index in [1.807, 2.05) is 62.5 Å². The van der Waals surface area contributed by atoms with Crippen LogP contribution in [0.3, 0.4) is 0 Å². The third kappa shape index (κ3) is 3.66. The number of hydrogen-bond donors (Lipinski definition) is 2. The Morgan fingerprint density at radius 2 is 1.78 bits per heavy atom. The highest BCUT2D eigenvalue weighted by Gasteiger charge is 2.36. The maximum atomic E-state index is 11.6. The fourth-order valence-corrected chi connectivity index (χ4v) is 2.78. The summed E-state index contributed by atoms with van der Waals surface area (Å²) in [6, 6.07) is 15.3. The van der Waals surface area contributed by atoms with Crippen LogP contribution in [-0.4, -0.2) is 32.4 Å². The summed E-state index contributed by atoms with van der Waals surface area (Å²) in [5, 5.41) is 14.8. The first-order valence-corrected chi connectivity index (χ1v) is 7.72. The SMILES string of the molecule is CNC(C)CC(O)(c1ccccc1)c1cc(OC)ccc1OC. The molecule has 0 heterocycles. The summed E-state index contributed by atoms with van der Waals surface area (Å²) in [5.74, 6) is 1.33. The minimum absolute atomic E-state index is 0.121. The second-order valence-corrected chi connectivity index (χ2v) is 5.69. The highest BCUT2D eigenvalue weighted by atomic mass is 16.5. The molecule has 0 aliphatic rings. The molecule has 0 saturated heterocycles. The number of ether oxygens (including phenoxy) is 2. The molecule has 0 spiro atoms. The van der Waals surface area contributed by atoms with Gasteiger partial charge in [-0.2, -0.15) is 0 Å². The predicted molar refractivity (Wildman–Crippen MR) is 92.1 cm³/mol. The Balaban J connectivity index is 2.62. The van der Waals surface area contributed by atoms with Crippen LogP contribution in [0.4, 0.5) is 0 Å². The van der Waals surface area contributed by atoms with E-state index < -0.39 is 5.60 Å². The average Bonchev–Trinajstić information content (AvgIpc) is 2.61. The fraction of sp³-hybridized carbons (Fsp3) is 0.368. The minimum Gasteiger partial charge on any atom is -0.497 e. The van der Waals surface area contributed by atoms with E-state index in [4.69, 9.17) is 9.47 Å². The summed E-state index contributed by atoms with van der Waals surface area (Å²) in [5.41, 5.74) is 0.352. The lowest BCUT2D eigenvalue weighted by Gasteiger charge is -2.33. The monoisotopic (exact) mass is 315 g/mol. The second kappa shape index (κ2) is 7.49. The van der Waals surface area contributed by atoms with Crippen molar-refractivity contribution < 1.29 is 14.6 Å². The van der Waals surface area contributed by atoms with Crippen molar-refractivity contribution in [2.45, 2.75) is 25.0 Å². The second-order valence-electron chi connectivity index (χ2n) is 5.69. The standard InChI is InChI=1S/C19H25NO3/c1-14(20-2)13-19(21,15-8-6-5-7-9-15)17-12-16(22-3)10-11-18(17)23-4/h5-12,14,20-21H,13H2,1-4H3. The third-order valence-corrected chi connectivity index (χ3v) is 4.20. The van der Waals surface area contributed by atoms with Crippen LogP contribution in [0.15, 0.2) is 48.5 Å². The fourth-order valence-electron chi connectivity index (χ4n) is 2.78. The van der Waals surface area contributed by atoms with E-state index in [1.54, 1.807) is 14.2 Å². The Labute approximate surface area is 138 Å². The highest BCUT2D eigenvalue weighted by Crippen LogP contribution is 2.40. The van der Waals surface area contributed by atoms with Crippen molar-refractivity contribution in [3.05, 3.63) is 59.7 Å². The molecule has 4 heteroatoms. The zero-order valence-electron chi connectivity index (χ0n) is 14.2. The number of rotatable bonds is 7. The quantitative estimate of drug-likeness (QED) is 0.825. The molecule has 2 N–H and O–H groups in total. The molecule has 4 nitrogen and oxygen atoms in total. The Kier molecular flexibility index (Phi) is 5.64. The van der Waals surface area contributed by atoms with Crippen molar-refractivity contribution in [1.82, 2.24) is 5.32 Å². The average molecular weight is 315 g/mol. The lowest BCUT2D eigenvalue weighted by atomic mass is 9.81. The predicted octanol–water partition coefficient (Wildman–Crippen LogP) is 2.94. The van der Waals surface area contributed by atoms with Crippen molar-refractivity contribution in [3.8, 4) is 11.5 Å². The van der Waals surface area contributed by atoms with E-state index in [0.29, 0.717) is 23.5 Å². The van der Waals surface area contributed by atoms with Crippen molar-refractivity contribution in [2.24, 2.45) is 0 Å². The van der Waals surface area contributed by atoms with Crippen LogP contribution in [0, 0.1) is 0 Å². The maximum absolute atomic E-state index is 11.6. The van der Waals surface area contributed by atoms with Gasteiger partial charge in [0.05, 0.1) is 14.2 Å². The van der Waals surface area contributed by atoms with Gasteiger partial charge in [0.25, 0.3) is 0 Å². The Bertz CT molecular complexity index is 630. The van der Waals surface area contributed by atoms with Gasteiger partial charge < -0.3 is 19.9 Å². The summed E-state index contributed by atoms with van der Waals surface area (Å²) in [7, 11) is 5.11. The molecular formula is C19H25NO3. The molecule has 23 heavy (non-hydrogen) atoms. The first kappa shape index (κ1) is 17.3. The van der Waals surface area contributed by atoms with Gasteiger partial charge in [0, 0.05) is 11.6 Å². The van der Waals surface area contributed by atoms with Gasteiger partial charge in [0.2, 0.25) is 0 Å². The van der Waals surface area contributed by atoms with Gasteiger partial charge in [0.1, 0.15) is 17.1 Å². The zero-order valence-corrected chi connectivity index (χ0v) is 14.2. The van der Waals surface area contributed by atoms with Crippen LogP contribution in [-0.2, 0) is 5.60 Å². The van der Waals surface area contributed by atoms with Crippen molar-refractivity contribution in [2.75, 3.05) is 21.3 Å². The molecule has 0 bridgehead atoms. The molecule has 2 atom stereocenters. The van der Waals surface area contributed by atoms with E-state index in [0.717, 1.165) is 5.56 Å². The summed E-state index contributed by atoms with van der Waals surface area (Å²) in [6.45, 7) is 2.04.